The van der Waals surface area contributed by atoms with Gasteiger partial charge in [0.2, 0.25) is 5.88 Å². The van der Waals surface area contributed by atoms with Gasteiger partial charge in [0.25, 0.3) is 0 Å². The van der Waals surface area contributed by atoms with E-state index >= 15 is 0 Å². The standard InChI is InChI=1S/C15H25FN2O/c1-3-5-6-7-9-19-15-13(11-17-8-4-2)10-14(16)12-18-15/h10,12,17H,3-9,11H2,1-2H3. The molecule has 0 aromatic carbocycles. The van der Waals surface area contributed by atoms with Crippen LogP contribution in [0.4, 0.5) is 4.39 Å². The van der Waals surface area contributed by atoms with Gasteiger partial charge in [-0.1, -0.05) is 33.1 Å². The Kier molecular flexibility index (Phi) is 8.14. The Balaban J connectivity index is 2.45. The minimum Gasteiger partial charge on any atom is -0.477 e. The number of hydrogen-bond donors (Lipinski definition) is 1. The van der Waals surface area contributed by atoms with E-state index in [1.165, 1.54) is 31.5 Å². The fraction of sp³-hybridized carbons (Fsp3) is 0.667. The zero-order valence-electron chi connectivity index (χ0n) is 12.0. The Bertz CT molecular complexity index is 358. The van der Waals surface area contributed by atoms with Crippen LogP contribution in [0.3, 0.4) is 0 Å². The van der Waals surface area contributed by atoms with Crippen molar-refractivity contribution in [3.05, 3.63) is 23.6 Å². The van der Waals surface area contributed by atoms with Gasteiger partial charge in [0.05, 0.1) is 12.8 Å². The Morgan fingerprint density at radius 1 is 1.21 bits per heavy atom. The second-order valence-electron chi connectivity index (χ2n) is 4.70. The number of unbranched alkanes of at least 4 members (excludes halogenated alkanes) is 3. The molecule has 1 heterocycles. The second-order valence-corrected chi connectivity index (χ2v) is 4.70. The lowest BCUT2D eigenvalue weighted by molar-refractivity contribution is 0.289. The Hall–Kier alpha value is -1.16. The monoisotopic (exact) mass is 268 g/mol. The zero-order chi connectivity index (χ0) is 13.9. The third kappa shape index (κ3) is 6.53. The molecule has 108 valence electrons. The van der Waals surface area contributed by atoms with Crippen LogP contribution in [0, 0.1) is 5.82 Å². The molecule has 3 nitrogen and oxygen atoms in total. The lowest BCUT2D eigenvalue weighted by Crippen LogP contribution is -2.15. The molecule has 1 rings (SSSR count). The number of nitrogens with zero attached hydrogens (tertiary/aromatic N) is 1. The van der Waals surface area contributed by atoms with E-state index in [9.17, 15) is 4.39 Å². The molecular formula is C15H25FN2O. The number of ether oxygens (including phenoxy) is 1. The van der Waals surface area contributed by atoms with Gasteiger partial charge in [-0.25, -0.2) is 9.37 Å². The van der Waals surface area contributed by atoms with Gasteiger partial charge in [-0.2, -0.15) is 0 Å². The SMILES string of the molecule is CCCCCCOc1ncc(F)cc1CNCCC. The summed E-state index contributed by atoms with van der Waals surface area (Å²) in [6.07, 6.45) is 6.89. The fourth-order valence-corrected chi connectivity index (χ4v) is 1.82. The average molecular weight is 268 g/mol. The lowest BCUT2D eigenvalue weighted by atomic mass is 10.2. The van der Waals surface area contributed by atoms with Crippen LogP contribution in [-0.4, -0.2) is 18.1 Å². The summed E-state index contributed by atoms with van der Waals surface area (Å²) in [6, 6.07) is 1.50. The Morgan fingerprint density at radius 2 is 2.05 bits per heavy atom. The van der Waals surface area contributed by atoms with Crippen molar-refractivity contribution in [3.63, 3.8) is 0 Å². The molecule has 0 bridgehead atoms. The highest BCUT2D eigenvalue weighted by molar-refractivity contribution is 5.26. The van der Waals surface area contributed by atoms with Crippen molar-refractivity contribution in [2.75, 3.05) is 13.2 Å². The van der Waals surface area contributed by atoms with Gasteiger partial charge in [-0.15, -0.1) is 0 Å². The summed E-state index contributed by atoms with van der Waals surface area (Å²) in [5, 5.41) is 3.24. The number of pyridine rings is 1. The summed E-state index contributed by atoms with van der Waals surface area (Å²) in [5.41, 5.74) is 0.795. The molecule has 0 aliphatic heterocycles. The van der Waals surface area contributed by atoms with E-state index in [1.807, 2.05) is 0 Å². The first kappa shape index (κ1) is 15.9. The molecule has 19 heavy (non-hydrogen) atoms. The molecular weight excluding hydrogens is 243 g/mol. The Morgan fingerprint density at radius 3 is 2.79 bits per heavy atom. The van der Waals surface area contributed by atoms with Crippen LogP contribution in [-0.2, 0) is 6.54 Å². The topological polar surface area (TPSA) is 34.1 Å². The molecule has 0 amide bonds. The maximum Gasteiger partial charge on any atom is 0.218 e. The van der Waals surface area contributed by atoms with Crippen molar-refractivity contribution < 1.29 is 9.13 Å². The van der Waals surface area contributed by atoms with E-state index in [2.05, 4.69) is 24.1 Å². The summed E-state index contributed by atoms with van der Waals surface area (Å²) in [5.74, 6) is 0.244. The minimum atomic E-state index is -0.313. The van der Waals surface area contributed by atoms with E-state index in [-0.39, 0.29) is 5.82 Å². The van der Waals surface area contributed by atoms with Crippen molar-refractivity contribution in [1.82, 2.24) is 10.3 Å². The first-order valence-corrected chi connectivity index (χ1v) is 7.25. The highest BCUT2D eigenvalue weighted by Crippen LogP contribution is 2.16. The molecule has 0 saturated heterocycles. The second kappa shape index (κ2) is 9.73. The predicted molar refractivity (Wildman–Crippen MR) is 75.8 cm³/mol. The van der Waals surface area contributed by atoms with Gasteiger partial charge in [-0.05, 0) is 25.5 Å². The minimum absolute atomic E-state index is 0.313. The Labute approximate surface area is 115 Å². The molecule has 1 aromatic heterocycles. The molecule has 1 aromatic rings. The molecule has 0 aliphatic rings. The van der Waals surface area contributed by atoms with Crippen molar-refractivity contribution in [2.45, 2.75) is 52.5 Å². The molecule has 0 aliphatic carbocycles. The molecule has 0 spiro atoms. The number of aromatic nitrogens is 1. The largest absolute Gasteiger partial charge is 0.477 e. The lowest BCUT2D eigenvalue weighted by Gasteiger charge is -2.11. The van der Waals surface area contributed by atoms with Gasteiger partial charge in [0, 0.05) is 12.1 Å². The van der Waals surface area contributed by atoms with Gasteiger partial charge in [-0.3, -0.25) is 0 Å². The van der Waals surface area contributed by atoms with E-state index in [1.54, 1.807) is 0 Å². The highest BCUT2D eigenvalue weighted by atomic mass is 19.1. The predicted octanol–water partition coefficient (Wildman–Crippen LogP) is 3.68. The first-order valence-electron chi connectivity index (χ1n) is 7.25. The number of rotatable bonds is 10. The van der Waals surface area contributed by atoms with Crippen molar-refractivity contribution >= 4 is 0 Å². The van der Waals surface area contributed by atoms with Crippen LogP contribution in [0.2, 0.25) is 0 Å². The van der Waals surface area contributed by atoms with E-state index in [4.69, 9.17) is 4.74 Å². The van der Waals surface area contributed by atoms with E-state index in [0.717, 1.165) is 24.9 Å². The van der Waals surface area contributed by atoms with Gasteiger partial charge >= 0.3 is 0 Å². The summed E-state index contributed by atoms with van der Waals surface area (Å²) in [6.45, 7) is 6.44. The fourth-order valence-electron chi connectivity index (χ4n) is 1.82. The summed E-state index contributed by atoms with van der Waals surface area (Å²) in [7, 11) is 0. The molecule has 0 fully saturated rings. The molecule has 0 saturated carbocycles. The van der Waals surface area contributed by atoms with Crippen molar-refractivity contribution in [1.29, 1.82) is 0 Å². The average Bonchev–Trinajstić information content (AvgIpc) is 2.41. The molecule has 0 atom stereocenters. The smallest absolute Gasteiger partial charge is 0.218 e. The van der Waals surface area contributed by atoms with Crippen LogP contribution >= 0.6 is 0 Å². The quantitative estimate of drug-likeness (QED) is 0.657. The van der Waals surface area contributed by atoms with Gasteiger partial charge < -0.3 is 10.1 Å². The maximum absolute atomic E-state index is 13.2. The van der Waals surface area contributed by atoms with Gasteiger partial charge in [0.1, 0.15) is 5.82 Å². The molecule has 0 radical (unpaired) electrons. The van der Waals surface area contributed by atoms with Crippen LogP contribution < -0.4 is 10.1 Å². The van der Waals surface area contributed by atoms with Crippen molar-refractivity contribution in [2.24, 2.45) is 0 Å². The molecule has 1 N–H and O–H groups in total. The number of hydrogen-bond acceptors (Lipinski definition) is 3. The molecule has 0 unspecified atom stereocenters. The number of nitrogens with one attached hydrogen (secondary N) is 1. The molecule has 4 heteroatoms. The first-order chi connectivity index (χ1) is 9.27. The van der Waals surface area contributed by atoms with Crippen LogP contribution in [0.25, 0.3) is 0 Å². The van der Waals surface area contributed by atoms with Gasteiger partial charge in [0.15, 0.2) is 0 Å². The highest BCUT2D eigenvalue weighted by Gasteiger charge is 2.07. The van der Waals surface area contributed by atoms with E-state index in [0.29, 0.717) is 19.0 Å². The van der Waals surface area contributed by atoms with E-state index < -0.39 is 0 Å². The summed E-state index contributed by atoms with van der Waals surface area (Å²) >= 11 is 0. The van der Waals surface area contributed by atoms with Crippen LogP contribution in [0.15, 0.2) is 12.3 Å². The summed E-state index contributed by atoms with van der Waals surface area (Å²) < 4.78 is 18.9. The van der Waals surface area contributed by atoms with Crippen molar-refractivity contribution in [3.8, 4) is 5.88 Å². The zero-order valence-corrected chi connectivity index (χ0v) is 12.0. The summed E-state index contributed by atoms with van der Waals surface area (Å²) in [4.78, 5) is 4.04. The number of halogens is 1. The van der Waals surface area contributed by atoms with Crippen LogP contribution in [0.1, 0.15) is 51.5 Å². The van der Waals surface area contributed by atoms with Crippen LogP contribution in [0.5, 0.6) is 5.88 Å². The third-order valence-electron chi connectivity index (χ3n) is 2.87. The normalized spacial score (nSPS) is 10.7. The maximum atomic E-state index is 13.2. The third-order valence-corrected chi connectivity index (χ3v) is 2.87.